The standard InChI is InChI=1S/C15H18N2O/c1-2-3-6-11-16-17-14-9-10-15(18)13-8-5-4-7-12(13)14/h4-5,7-10,18H,2-3,6,11H2,1H3. The first kappa shape index (κ1) is 12.6. The summed E-state index contributed by atoms with van der Waals surface area (Å²) in [6.45, 7) is 2.94. The Kier molecular flexibility index (Phi) is 4.29. The average Bonchev–Trinajstić information content (AvgIpc) is 2.41. The largest absolute Gasteiger partial charge is 0.507 e. The summed E-state index contributed by atoms with van der Waals surface area (Å²) in [6.07, 6.45) is 3.46. The molecule has 2 aromatic rings. The molecule has 0 aromatic heterocycles. The monoisotopic (exact) mass is 242 g/mol. The van der Waals surface area contributed by atoms with E-state index in [1.54, 1.807) is 12.1 Å². The maximum atomic E-state index is 9.76. The minimum Gasteiger partial charge on any atom is -0.507 e. The van der Waals surface area contributed by atoms with Gasteiger partial charge in [-0.2, -0.15) is 10.2 Å². The van der Waals surface area contributed by atoms with E-state index >= 15 is 0 Å². The molecule has 0 aliphatic heterocycles. The van der Waals surface area contributed by atoms with Gasteiger partial charge in [0.25, 0.3) is 0 Å². The fourth-order valence-corrected chi connectivity index (χ4v) is 1.91. The third kappa shape index (κ3) is 2.86. The fraction of sp³-hybridized carbons (Fsp3) is 0.333. The molecule has 0 aliphatic carbocycles. The van der Waals surface area contributed by atoms with E-state index in [0.717, 1.165) is 29.4 Å². The van der Waals surface area contributed by atoms with Gasteiger partial charge in [0.05, 0.1) is 12.2 Å². The van der Waals surface area contributed by atoms with Crippen LogP contribution in [0.1, 0.15) is 26.2 Å². The minimum atomic E-state index is 0.288. The number of hydrogen-bond donors (Lipinski definition) is 1. The Balaban J connectivity index is 2.21. The van der Waals surface area contributed by atoms with E-state index in [4.69, 9.17) is 0 Å². The highest BCUT2D eigenvalue weighted by molar-refractivity contribution is 5.96. The van der Waals surface area contributed by atoms with Gasteiger partial charge in [-0.25, -0.2) is 0 Å². The highest BCUT2D eigenvalue weighted by atomic mass is 16.3. The van der Waals surface area contributed by atoms with Crippen molar-refractivity contribution in [2.75, 3.05) is 6.54 Å². The number of unbranched alkanes of at least 4 members (excludes halogenated alkanes) is 2. The number of rotatable bonds is 5. The molecule has 0 heterocycles. The first-order valence-corrected chi connectivity index (χ1v) is 6.41. The van der Waals surface area contributed by atoms with Crippen molar-refractivity contribution in [3.8, 4) is 5.75 Å². The number of benzene rings is 2. The molecule has 0 amide bonds. The number of hydrogen-bond acceptors (Lipinski definition) is 3. The molecule has 0 aliphatic rings. The third-order valence-corrected chi connectivity index (χ3v) is 2.92. The normalized spacial score (nSPS) is 11.4. The first-order chi connectivity index (χ1) is 8.83. The van der Waals surface area contributed by atoms with Crippen molar-refractivity contribution in [2.24, 2.45) is 10.2 Å². The van der Waals surface area contributed by atoms with Gasteiger partial charge in [0.1, 0.15) is 5.75 Å². The van der Waals surface area contributed by atoms with E-state index in [0.29, 0.717) is 0 Å². The van der Waals surface area contributed by atoms with E-state index in [9.17, 15) is 5.11 Å². The van der Waals surface area contributed by atoms with Crippen molar-refractivity contribution in [1.29, 1.82) is 0 Å². The number of fused-ring (bicyclic) bond motifs is 1. The molecule has 0 saturated heterocycles. The second-order valence-corrected chi connectivity index (χ2v) is 4.32. The number of aromatic hydroxyl groups is 1. The van der Waals surface area contributed by atoms with Crippen LogP contribution in [0.5, 0.6) is 5.75 Å². The van der Waals surface area contributed by atoms with Gasteiger partial charge in [-0.1, -0.05) is 44.0 Å². The summed E-state index contributed by atoms with van der Waals surface area (Å²) in [5.41, 5.74) is 0.819. The van der Waals surface area contributed by atoms with Crippen molar-refractivity contribution >= 4 is 16.5 Å². The van der Waals surface area contributed by atoms with Gasteiger partial charge in [0.15, 0.2) is 0 Å². The summed E-state index contributed by atoms with van der Waals surface area (Å²) in [6, 6.07) is 11.2. The fourth-order valence-electron chi connectivity index (χ4n) is 1.91. The molecule has 0 radical (unpaired) electrons. The van der Waals surface area contributed by atoms with Gasteiger partial charge in [-0.3, -0.25) is 0 Å². The Labute approximate surface area is 107 Å². The van der Waals surface area contributed by atoms with E-state index in [1.165, 1.54) is 12.8 Å². The molecule has 94 valence electrons. The molecule has 0 bridgehead atoms. The van der Waals surface area contributed by atoms with E-state index in [-0.39, 0.29) is 5.75 Å². The molecule has 3 nitrogen and oxygen atoms in total. The molecule has 0 saturated carbocycles. The maximum absolute atomic E-state index is 9.76. The van der Waals surface area contributed by atoms with Gasteiger partial charge < -0.3 is 5.11 Å². The molecule has 0 atom stereocenters. The predicted octanol–water partition coefficient (Wildman–Crippen LogP) is 4.82. The van der Waals surface area contributed by atoms with Crippen molar-refractivity contribution in [3.63, 3.8) is 0 Å². The van der Waals surface area contributed by atoms with Gasteiger partial charge in [0, 0.05) is 10.8 Å². The van der Waals surface area contributed by atoms with Crippen molar-refractivity contribution in [3.05, 3.63) is 36.4 Å². The zero-order valence-electron chi connectivity index (χ0n) is 10.6. The summed E-state index contributed by atoms with van der Waals surface area (Å²) in [5.74, 6) is 0.288. The molecular weight excluding hydrogens is 224 g/mol. The quantitative estimate of drug-likeness (QED) is 0.593. The van der Waals surface area contributed by atoms with Gasteiger partial charge in [-0.15, -0.1) is 0 Å². The molecule has 2 rings (SSSR count). The zero-order valence-corrected chi connectivity index (χ0v) is 10.6. The van der Waals surface area contributed by atoms with Crippen LogP contribution in [0.15, 0.2) is 46.6 Å². The van der Waals surface area contributed by atoms with Gasteiger partial charge in [-0.05, 0) is 18.6 Å². The Morgan fingerprint density at radius 3 is 2.56 bits per heavy atom. The lowest BCUT2D eigenvalue weighted by atomic mass is 10.1. The molecular formula is C15H18N2O. The lowest BCUT2D eigenvalue weighted by molar-refractivity contribution is 0.481. The minimum absolute atomic E-state index is 0.288. The molecule has 0 unspecified atom stereocenters. The zero-order chi connectivity index (χ0) is 12.8. The molecule has 3 heteroatoms. The van der Waals surface area contributed by atoms with Crippen molar-refractivity contribution in [2.45, 2.75) is 26.2 Å². The smallest absolute Gasteiger partial charge is 0.123 e. The predicted molar refractivity (Wildman–Crippen MR) is 74.5 cm³/mol. The SMILES string of the molecule is CCCCCN=Nc1ccc(O)c2ccccc12. The van der Waals surface area contributed by atoms with Crippen molar-refractivity contribution < 1.29 is 5.11 Å². The van der Waals surface area contributed by atoms with Crippen LogP contribution in [0.25, 0.3) is 10.8 Å². The second kappa shape index (κ2) is 6.15. The maximum Gasteiger partial charge on any atom is 0.123 e. The Bertz CT molecular complexity index is 549. The van der Waals surface area contributed by atoms with Crippen LogP contribution in [-0.4, -0.2) is 11.7 Å². The van der Waals surface area contributed by atoms with Crippen LogP contribution in [0.4, 0.5) is 5.69 Å². The van der Waals surface area contributed by atoms with Crippen LogP contribution >= 0.6 is 0 Å². The summed E-state index contributed by atoms with van der Waals surface area (Å²) in [7, 11) is 0. The second-order valence-electron chi connectivity index (χ2n) is 4.32. The molecule has 18 heavy (non-hydrogen) atoms. The number of nitrogens with zero attached hydrogens (tertiary/aromatic N) is 2. The summed E-state index contributed by atoms with van der Waals surface area (Å²) >= 11 is 0. The highest BCUT2D eigenvalue weighted by Crippen LogP contribution is 2.32. The van der Waals surface area contributed by atoms with Crippen LogP contribution in [0, 0.1) is 0 Å². The number of phenols is 1. The summed E-state index contributed by atoms with van der Waals surface area (Å²) in [5, 5.41) is 20.0. The Morgan fingerprint density at radius 2 is 1.78 bits per heavy atom. The van der Waals surface area contributed by atoms with E-state index < -0.39 is 0 Å². The average molecular weight is 242 g/mol. The van der Waals surface area contributed by atoms with Crippen LogP contribution in [0.3, 0.4) is 0 Å². The third-order valence-electron chi connectivity index (χ3n) is 2.92. The van der Waals surface area contributed by atoms with Gasteiger partial charge in [0.2, 0.25) is 0 Å². The Hall–Kier alpha value is -1.90. The molecule has 2 aromatic carbocycles. The summed E-state index contributed by atoms with van der Waals surface area (Å²) in [4.78, 5) is 0. The van der Waals surface area contributed by atoms with E-state index in [2.05, 4.69) is 17.2 Å². The molecule has 0 spiro atoms. The first-order valence-electron chi connectivity index (χ1n) is 6.41. The highest BCUT2D eigenvalue weighted by Gasteiger charge is 2.03. The van der Waals surface area contributed by atoms with E-state index in [1.807, 2.05) is 24.3 Å². The van der Waals surface area contributed by atoms with Crippen LogP contribution in [0.2, 0.25) is 0 Å². The number of azo groups is 1. The Morgan fingerprint density at radius 1 is 1.00 bits per heavy atom. The molecule has 1 N–H and O–H groups in total. The van der Waals surface area contributed by atoms with Crippen LogP contribution in [-0.2, 0) is 0 Å². The number of phenolic OH excluding ortho intramolecular Hbond substituents is 1. The lowest BCUT2D eigenvalue weighted by Gasteiger charge is -2.03. The van der Waals surface area contributed by atoms with Crippen LogP contribution < -0.4 is 0 Å². The molecule has 0 fully saturated rings. The topological polar surface area (TPSA) is 45.0 Å². The summed E-state index contributed by atoms with van der Waals surface area (Å²) < 4.78 is 0. The van der Waals surface area contributed by atoms with Gasteiger partial charge >= 0.3 is 0 Å². The lowest BCUT2D eigenvalue weighted by Crippen LogP contribution is -1.79. The van der Waals surface area contributed by atoms with Crippen molar-refractivity contribution in [1.82, 2.24) is 0 Å².